The second kappa shape index (κ2) is 82.9. The van der Waals surface area contributed by atoms with E-state index in [1.54, 1.807) is 24.3 Å². The molecule has 0 saturated carbocycles. The minimum absolute atomic E-state index is 0.0240. The topological polar surface area (TPSA) is 427 Å². The highest BCUT2D eigenvalue weighted by atomic mass is 31.0. The number of nitrogens with zero attached hydrogens (tertiary/aromatic N) is 5. The van der Waals surface area contributed by atoms with Crippen LogP contribution in [0.2, 0.25) is 0 Å². The molecule has 0 bridgehead atoms. The van der Waals surface area contributed by atoms with Crippen molar-refractivity contribution in [2.75, 3.05) is 65.7 Å². The summed E-state index contributed by atoms with van der Waals surface area (Å²) in [5, 5.41) is 120. The fourth-order valence-corrected chi connectivity index (χ4v) is 15.3. The number of aliphatic hydroxyl groups excluding tert-OH is 7. The molecule has 5 unspecified atom stereocenters. The summed E-state index contributed by atoms with van der Waals surface area (Å²) >= 11 is 0. The van der Waals surface area contributed by atoms with Crippen molar-refractivity contribution in [2.24, 2.45) is 16.6 Å². The maximum atomic E-state index is 11.7. The van der Waals surface area contributed by atoms with Crippen LogP contribution in [0.5, 0.6) is 0 Å². The number of aryl methyl sites for hydroxylation is 6. The van der Waals surface area contributed by atoms with E-state index >= 15 is 0 Å². The first kappa shape index (κ1) is 126. The third-order valence-corrected chi connectivity index (χ3v) is 24.4. The van der Waals surface area contributed by atoms with Gasteiger partial charge < -0.3 is 46.0 Å². The van der Waals surface area contributed by atoms with Crippen molar-refractivity contribution in [3.8, 4) is 0 Å². The molecule has 27 heteroatoms. The molecule has 0 spiro atoms. The molecular weight excluding hydrogens is 1720 g/mol. The molecule has 0 saturated heterocycles. The first-order chi connectivity index (χ1) is 64.6. The Hall–Kier alpha value is -8.27. The van der Waals surface area contributed by atoms with Crippen LogP contribution >= 0.6 is 9.47 Å². The number of rotatable bonds is 69. The summed E-state index contributed by atoms with van der Waals surface area (Å²) < 4.78 is 5.27. The Morgan fingerprint density at radius 1 is 0.336 bits per heavy atom. The van der Waals surface area contributed by atoms with E-state index < -0.39 is 68.6 Å². The lowest BCUT2D eigenvalue weighted by molar-refractivity contribution is -0.504. The van der Waals surface area contributed by atoms with Crippen molar-refractivity contribution >= 4 is 21.0 Å². The second-order valence-electron chi connectivity index (χ2n) is 35.7. The van der Waals surface area contributed by atoms with E-state index in [0.29, 0.717) is 23.1 Å². The average molecular weight is 1890 g/mol. The van der Waals surface area contributed by atoms with E-state index in [9.17, 15) is 95.9 Å². The van der Waals surface area contributed by atoms with Gasteiger partial charge in [0.15, 0.2) is 5.78 Å². The van der Waals surface area contributed by atoms with Crippen molar-refractivity contribution in [1.29, 1.82) is 0 Å². The predicted octanol–water partition coefficient (Wildman–Crippen LogP) is 24.1. The number of benzene rings is 6. The maximum absolute atomic E-state index is 11.7. The van der Waals surface area contributed by atoms with Crippen LogP contribution in [-0.4, -0.2) is 138 Å². The number of Topliss-reactive ketones (excluding diaryl/α,β-unsaturated/α-hetero) is 2. The molecule has 0 heterocycles. The molecule has 9 N–H and O–H groups in total. The maximum Gasteiger partial charge on any atom is 0.216 e. The van der Waals surface area contributed by atoms with Gasteiger partial charge in [0.25, 0.3) is 0 Å². The van der Waals surface area contributed by atoms with Crippen molar-refractivity contribution in [2.45, 2.75) is 368 Å². The normalized spacial score (nSPS) is 11.9. The Kier molecular flexibility index (Phi) is 77.8. The highest BCUT2D eigenvalue weighted by Crippen LogP contribution is 2.36. The number of nitrogens with two attached hydrogens (primary N) is 1. The molecule has 134 heavy (non-hydrogen) atoms. The van der Waals surface area contributed by atoms with Crippen LogP contribution in [0.4, 0.5) is 0 Å². The lowest BCUT2D eigenvalue weighted by atomic mass is 9.80. The smallest absolute Gasteiger partial charge is 0.216 e. The molecule has 6 rings (SSSR count). The molecule has 0 aliphatic heterocycles. The van der Waals surface area contributed by atoms with Crippen molar-refractivity contribution < 1.29 is 74.5 Å². The van der Waals surface area contributed by atoms with Gasteiger partial charge in [-0.1, -0.05) is 386 Å². The van der Waals surface area contributed by atoms with E-state index in [1.807, 2.05) is 84.9 Å². The van der Waals surface area contributed by atoms with E-state index in [4.69, 9.17) is 10.3 Å². The molecule has 26 nitrogen and oxygen atoms in total. The fraction of sp³-hybridized carbons (Fsp3) is 0.645. The molecule has 756 valence electrons. The number of carbonyl (C=O) groups excluding carboxylic acids is 2. The van der Waals surface area contributed by atoms with E-state index in [2.05, 4.69) is 93.5 Å². The summed E-state index contributed by atoms with van der Waals surface area (Å²) in [5.41, 5.74) is 14.2. The summed E-state index contributed by atoms with van der Waals surface area (Å²) in [4.78, 5) is 70.9. The number of ketones is 2. The Morgan fingerprint density at radius 2 is 0.597 bits per heavy atom. The van der Waals surface area contributed by atoms with E-state index in [0.717, 1.165) is 55.2 Å². The zero-order chi connectivity index (χ0) is 99.7. The monoisotopic (exact) mass is 1890 g/mol. The van der Waals surface area contributed by atoms with E-state index in [-0.39, 0.29) is 87.8 Å². The summed E-state index contributed by atoms with van der Waals surface area (Å²) in [5.74, 6) is -0.292. The molecule has 0 aliphatic carbocycles. The molecule has 6 aromatic rings. The summed E-state index contributed by atoms with van der Waals surface area (Å²) in [6.07, 6.45) is 50.4. The number of carbonyl (C=O) groups is 2. The third kappa shape index (κ3) is 63.2. The fourth-order valence-electron chi connectivity index (χ4n) is 15.1. The largest absolute Gasteiger partial charge is 0.396 e. The minimum atomic E-state index is -1.58. The number of unbranched alkanes of at least 4 members (excludes halogenated alkanes) is 30. The second-order valence-corrected chi connectivity index (χ2v) is 36.0. The third-order valence-electron chi connectivity index (χ3n) is 24.1. The lowest BCUT2D eigenvalue weighted by Gasteiger charge is -2.33. The zero-order valence-electron chi connectivity index (χ0n) is 82.7. The molecule has 0 amide bonds. The van der Waals surface area contributed by atoms with Gasteiger partial charge in [0, 0.05) is 59.0 Å². The van der Waals surface area contributed by atoms with Crippen LogP contribution in [0, 0.1) is 61.4 Å². The molecule has 0 fully saturated rings. The Morgan fingerprint density at radius 3 is 0.866 bits per heavy atom. The molecule has 5 atom stereocenters. The van der Waals surface area contributed by atoms with Crippen LogP contribution in [0.1, 0.15) is 396 Å². The summed E-state index contributed by atoms with van der Waals surface area (Å²) in [7, 11) is 2.21. The molecule has 6 aromatic carbocycles. The molecule has 0 radical (unpaired) electrons. The first-order valence-corrected chi connectivity index (χ1v) is 50.7. The Labute approximate surface area is 805 Å². The Balaban J connectivity index is 0.00000157. The van der Waals surface area contributed by atoms with Crippen LogP contribution in [-0.2, 0) is 47.8 Å². The van der Waals surface area contributed by atoms with Crippen molar-refractivity contribution in [3.05, 3.63) is 263 Å². The van der Waals surface area contributed by atoms with Crippen LogP contribution < -0.4 is 5.73 Å². The van der Waals surface area contributed by atoms with Gasteiger partial charge in [-0.25, -0.2) is 0 Å². The first-order valence-electron chi connectivity index (χ1n) is 50.2. The van der Waals surface area contributed by atoms with Gasteiger partial charge in [-0.3, -0.25) is 60.2 Å². The zero-order valence-corrected chi connectivity index (χ0v) is 83.8. The van der Waals surface area contributed by atoms with E-state index in [1.165, 1.54) is 266 Å². The Bertz CT molecular complexity index is 3860. The van der Waals surface area contributed by atoms with Crippen LogP contribution in [0.25, 0.3) is 0 Å². The lowest BCUT2D eigenvalue weighted by Crippen LogP contribution is -2.43. The quantitative estimate of drug-likeness (QED) is 0.00578. The van der Waals surface area contributed by atoms with Gasteiger partial charge in [0.2, 0.25) is 32.7 Å². The van der Waals surface area contributed by atoms with Gasteiger partial charge in [-0.05, 0) is 140 Å². The predicted molar refractivity (Wildman–Crippen MR) is 545 cm³/mol. The number of aliphatic hydroxyl groups is 7. The highest BCUT2D eigenvalue weighted by molar-refractivity contribution is 7.09. The summed E-state index contributed by atoms with van der Waals surface area (Å²) in [6, 6.07) is 49.4. The summed E-state index contributed by atoms with van der Waals surface area (Å²) in [6.45, 7) is 11.2. The number of nitro groups is 5. The van der Waals surface area contributed by atoms with Gasteiger partial charge in [-0.15, -0.1) is 0 Å². The molecule has 0 aromatic heterocycles. The minimum Gasteiger partial charge on any atom is -0.396 e. The molecular formula is C107H173N6O20P. The van der Waals surface area contributed by atoms with Gasteiger partial charge in [-0.2, -0.15) is 0 Å². The van der Waals surface area contributed by atoms with Crippen LogP contribution in [0.3, 0.4) is 0 Å². The average Bonchev–Trinajstić information content (AvgIpc) is 0.785. The van der Waals surface area contributed by atoms with Crippen molar-refractivity contribution in [1.82, 2.24) is 0 Å². The van der Waals surface area contributed by atoms with Gasteiger partial charge in [0.05, 0.1) is 69.1 Å². The van der Waals surface area contributed by atoms with Crippen LogP contribution in [0.15, 0.2) is 152 Å². The number of hydrogen-bond donors (Lipinski definition) is 8. The van der Waals surface area contributed by atoms with Gasteiger partial charge in [0.1, 0.15) is 11.2 Å². The highest BCUT2D eigenvalue weighted by Gasteiger charge is 2.43. The number of hydrogen-bond acceptors (Lipinski definition) is 21. The molecule has 0 aliphatic rings. The SMILES string of the molecule is CC(=O)CC[N+](=O)[O-].CCCCCCCCc1ccc(C(=O)CC[N+](=O)[O-])cc1.CCCCCCCCc1ccc(C(CC[N+](=O)[O-])OP)cc1.CCCCCCCCc1ccc(C(O)C(CN)(CO)CO)cc1.CCCCCCCCc1ccc(C(O)C(CO)(CO)C[N+](=O)[O-])cc1.CCCCCCCCc1ccc(C(O)CC[N+](=O)[O-])cc1.CCCCCCCCc1ccccc1. The van der Waals surface area contributed by atoms with Gasteiger partial charge >= 0.3 is 0 Å². The van der Waals surface area contributed by atoms with Crippen molar-refractivity contribution in [3.63, 3.8) is 0 Å². The standard InChI is InChI=1S/C19H31NO5.C19H33NO3.C17H28NO3P.C17H27NO3.C17H25NO3.C14H22.C4H7NO3/c1-2-3-4-5-6-7-8-16-9-11-17(12-10-16)18(23)19(14-21,15-22)13-20(24)25;1-2-3-4-5-6-7-8-16-9-11-17(12-10-16)18(23)19(13-20,14-21)15-22;1-2-3-4-5-6-7-8-15-9-11-16(12-10-15)17(21-22)13-14-18(19)20;2*1-2-3-4-5-6-7-8-15-9-11-16(12-10-15)17(19)13-14-18(20)21;1-2-3-4-5-6-8-11-14-12-9-7-10-13-14;1-4(6)2-3-5(7)8/h9-12,18,21-23H,2-8,13-15H2,1H3;9-12,18,21-23H,2-8,13-15,20H2,1H3;9-12,17H,2-8,13-14,22H2,1H3;9-12,17,19H,2-8,13-14H2,1H3;9-12H,2-8,13-14H2,1H3;7,9-10,12-13H,2-6,8,11H2,1H3;2-3H2,1H3.